The van der Waals surface area contributed by atoms with Gasteiger partial charge in [-0.1, -0.05) is 0 Å². The van der Waals surface area contributed by atoms with Gasteiger partial charge in [0, 0.05) is 24.9 Å². The zero-order chi connectivity index (χ0) is 26.7. The van der Waals surface area contributed by atoms with Crippen LogP contribution >= 0.6 is 0 Å². The molecule has 2 N–H and O–H groups in total. The van der Waals surface area contributed by atoms with Gasteiger partial charge < -0.3 is 29.2 Å². The second-order valence-electron chi connectivity index (χ2n) is 10.1. The predicted molar refractivity (Wildman–Crippen MR) is 136 cm³/mol. The number of hydrogen-bond acceptors (Lipinski definition) is 8. The van der Waals surface area contributed by atoms with E-state index in [1.807, 2.05) is 20.8 Å². The van der Waals surface area contributed by atoms with Crippen molar-refractivity contribution in [1.29, 1.82) is 0 Å². The molecule has 0 bridgehead atoms. The zero-order valence-corrected chi connectivity index (χ0v) is 21.7. The molecule has 2 aliphatic rings. The van der Waals surface area contributed by atoms with Crippen molar-refractivity contribution in [2.45, 2.75) is 52.1 Å². The van der Waals surface area contributed by atoms with E-state index in [1.54, 1.807) is 24.4 Å². The molecule has 2 saturated heterocycles. The summed E-state index contributed by atoms with van der Waals surface area (Å²) in [6.45, 7) is 7.10. The van der Waals surface area contributed by atoms with E-state index in [-0.39, 0.29) is 43.2 Å². The second-order valence-corrected chi connectivity index (χ2v) is 10.1. The van der Waals surface area contributed by atoms with E-state index in [1.165, 1.54) is 12.1 Å². The van der Waals surface area contributed by atoms with Crippen molar-refractivity contribution in [2.75, 3.05) is 26.4 Å². The highest BCUT2D eigenvalue weighted by molar-refractivity contribution is 5.82. The number of rotatable bonds is 8. The average molecular weight is 526 g/mol. The van der Waals surface area contributed by atoms with Crippen LogP contribution in [0.15, 0.2) is 36.5 Å². The van der Waals surface area contributed by atoms with Gasteiger partial charge in [0.2, 0.25) is 12.2 Å². The molecule has 1 aromatic carbocycles. The van der Waals surface area contributed by atoms with Gasteiger partial charge in [0.25, 0.3) is 0 Å². The van der Waals surface area contributed by atoms with Crippen molar-refractivity contribution in [3.05, 3.63) is 48.2 Å². The number of benzene rings is 1. The molecule has 5 rings (SSSR count). The molecule has 0 spiro atoms. The third-order valence-corrected chi connectivity index (χ3v) is 6.46. The number of hydrogen-bond donors (Lipinski definition) is 2. The van der Waals surface area contributed by atoms with E-state index in [9.17, 15) is 9.18 Å². The number of halogens is 1. The molecule has 0 radical (unpaired) electrons. The van der Waals surface area contributed by atoms with E-state index in [0.717, 1.165) is 19.4 Å². The molecule has 0 saturated carbocycles. The molecule has 2 fully saturated rings. The van der Waals surface area contributed by atoms with Crippen molar-refractivity contribution in [1.82, 2.24) is 25.3 Å². The summed E-state index contributed by atoms with van der Waals surface area (Å²) in [5.74, 6) is -0.0833. The van der Waals surface area contributed by atoms with E-state index >= 15 is 0 Å². The molecule has 3 aromatic rings. The first-order chi connectivity index (χ1) is 18.3. The van der Waals surface area contributed by atoms with Crippen LogP contribution in [0.25, 0.3) is 22.6 Å². The molecule has 4 heterocycles. The fourth-order valence-electron chi connectivity index (χ4n) is 4.38. The Morgan fingerprint density at radius 1 is 1.18 bits per heavy atom. The van der Waals surface area contributed by atoms with Gasteiger partial charge >= 0.3 is 6.01 Å². The number of carbonyl (C=O) groups excluding carboxylic acids is 1. The molecule has 202 valence electrons. The Labute approximate surface area is 220 Å². The summed E-state index contributed by atoms with van der Waals surface area (Å²) >= 11 is 0. The highest BCUT2D eigenvalue weighted by Gasteiger charge is 2.41. The lowest BCUT2D eigenvalue weighted by molar-refractivity contribution is -0.231. The maximum Gasteiger partial charge on any atom is 0.317 e. The third kappa shape index (κ3) is 5.85. The highest BCUT2D eigenvalue weighted by atomic mass is 19.1. The summed E-state index contributed by atoms with van der Waals surface area (Å²) in [6.07, 6.45) is 2.69. The Morgan fingerprint density at radius 2 is 1.95 bits per heavy atom. The van der Waals surface area contributed by atoms with Crippen LogP contribution in [0.5, 0.6) is 6.01 Å². The maximum atomic E-state index is 13.6. The molecular formula is C27H32FN5O5. The number of aromatic amines is 1. The predicted octanol–water partition coefficient (Wildman–Crippen LogP) is 3.81. The fraction of sp³-hybridized carbons (Fsp3) is 0.481. The van der Waals surface area contributed by atoms with Crippen LogP contribution in [-0.2, 0) is 19.0 Å². The lowest BCUT2D eigenvalue weighted by atomic mass is 9.91. The van der Waals surface area contributed by atoms with Crippen molar-refractivity contribution < 1.29 is 28.1 Å². The number of ether oxygens (including phenoxy) is 4. The van der Waals surface area contributed by atoms with Gasteiger partial charge in [-0.2, -0.15) is 4.98 Å². The molecule has 2 aromatic heterocycles. The van der Waals surface area contributed by atoms with Crippen LogP contribution in [0.4, 0.5) is 4.39 Å². The lowest BCUT2D eigenvalue weighted by Gasteiger charge is -2.35. The first-order valence-electron chi connectivity index (χ1n) is 12.8. The van der Waals surface area contributed by atoms with Crippen LogP contribution < -0.4 is 10.1 Å². The van der Waals surface area contributed by atoms with Crippen molar-refractivity contribution in [3.63, 3.8) is 0 Å². The van der Waals surface area contributed by atoms with Crippen LogP contribution in [-0.4, -0.2) is 64.4 Å². The zero-order valence-electron chi connectivity index (χ0n) is 21.7. The number of nitrogens with one attached hydrogen (secondary N) is 2. The maximum absolute atomic E-state index is 13.6. The Bertz CT molecular complexity index is 1250. The van der Waals surface area contributed by atoms with Gasteiger partial charge in [0.1, 0.15) is 5.82 Å². The van der Waals surface area contributed by atoms with E-state index in [2.05, 4.69) is 20.3 Å². The van der Waals surface area contributed by atoms with Crippen LogP contribution in [0.1, 0.15) is 45.7 Å². The van der Waals surface area contributed by atoms with Crippen molar-refractivity contribution in [3.8, 4) is 28.7 Å². The first-order valence-corrected chi connectivity index (χ1v) is 12.8. The molecule has 10 nitrogen and oxygen atoms in total. The quantitative estimate of drug-likeness (QED) is 0.456. The number of aromatic nitrogens is 4. The lowest BCUT2D eigenvalue weighted by Crippen LogP contribution is -2.49. The van der Waals surface area contributed by atoms with Gasteiger partial charge in [-0.05, 0) is 63.9 Å². The summed E-state index contributed by atoms with van der Waals surface area (Å²) in [5.41, 5.74) is 1.51. The van der Waals surface area contributed by atoms with Gasteiger partial charge in [-0.25, -0.2) is 14.4 Å². The molecule has 1 unspecified atom stereocenters. The molecule has 0 aliphatic carbocycles. The van der Waals surface area contributed by atoms with Crippen molar-refractivity contribution in [2.24, 2.45) is 5.41 Å². The summed E-state index contributed by atoms with van der Waals surface area (Å²) in [4.78, 5) is 29.6. The number of imidazole rings is 1. The number of carbonyl (C=O) groups is 1. The van der Waals surface area contributed by atoms with Gasteiger partial charge in [0.15, 0.2) is 5.82 Å². The molecule has 2 aliphatic heterocycles. The number of H-pyrrole nitrogens is 1. The van der Waals surface area contributed by atoms with E-state index in [4.69, 9.17) is 23.9 Å². The second kappa shape index (κ2) is 11.1. The SMILES string of the molecule is CC(C)Oc1nccc(-c2[nH]c(C3OCC(C)(C(=O)NCC4CCCO4)CO3)nc2-c2ccc(F)cc2)n1. The third-order valence-electron chi connectivity index (χ3n) is 6.46. The normalized spacial score (nSPS) is 23.5. The Balaban J connectivity index is 1.36. The van der Waals surface area contributed by atoms with E-state index in [0.29, 0.717) is 35.0 Å². The number of amides is 1. The monoisotopic (exact) mass is 525 g/mol. The topological polar surface area (TPSA) is 120 Å². The molecule has 1 amide bonds. The standard InChI is InChI=1S/C27H32FN5O5/c1-16(2)38-26-29-11-10-20(31-26)22-21(17-6-8-18(28)9-7-17)32-23(33-22)24-36-14-27(3,15-37-24)25(34)30-13-19-5-4-12-35-19/h6-11,16,19,24H,4-5,12-15H2,1-3H3,(H,30,34)(H,32,33). The van der Waals surface area contributed by atoms with Gasteiger partial charge in [-0.3, -0.25) is 4.79 Å². The first kappa shape index (κ1) is 26.2. The van der Waals surface area contributed by atoms with Crippen molar-refractivity contribution >= 4 is 5.91 Å². The largest absolute Gasteiger partial charge is 0.461 e. The minimum Gasteiger partial charge on any atom is -0.461 e. The summed E-state index contributed by atoms with van der Waals surface area (Å²) in [7, 11) is 0. The Hall–Kier alpha value is -3.41. The van der Waals surface area contributed by atoms with Gasteiger partial charge in [0.05, 0.1) is 47.9 Å². The Morgan fingerprint density at radius 3 is 2.63 bits per heavy atom. The summed E-state index contributed by atoms with van der Waals surface area (Å²) in [5, 5.41) is 2.96. The molecule has 11 heteroatoms. The highest BCUT2D eigenvalue weighted by Crippen LogP contribution is 2.35. The van der Waals surface area contributed by atoms with E-state index < -0.39 is 11.7 Å². The minimum atomic E-state index is -0.847. The molecular weight excluding hydrogens is 493 g/mol. The van der Waals surface area contributed by atoms with Crippen LogP contribution in [0, 0.1) is 11.2 Å². The summed E-state index contributed by atoms with van der Waals surface area (Å²) in [6, 6.07) is 7.99. The van der Waals surface area contributed by atoms with Crippen LogP contribution in [0.3, 0.4) is 0 Å². The fourth-order valence-corrected chi connectivity index (χ4v) is 4.38. The molecule has 1 atom stereocenters. The Kier molecular flexibility index (Phi) is 7.68. The molecule has 38 heavy (non-hydrogen) atoms. The van der Waals surface area contributed by atoms with Gasteiger partial charge in [-0.15, -0.1) is 0 Å². The van der Waals surface area contributed by atoms with Crippen LogP contribution in [0.2, 0.25) is 0 Å². The summed E-state index contributed by atoms with van der Waals surface area (Å²) < 4.78 is 36.8. The number of nitrogens with zero attached hydrogens (tertiary/aromatic N) is 3. The average Bonchev–Trinajstić information content (AvgIpc) is 3.59. The minimum absolute atomic E-state index is 0.0559. The smallest absolute Gasteiger partial charge is 0.317 e.